The summed E-state index contributed by atoms with van der Waals surface area (Å²) in [6, 6.07) is 0. The Morgan fingerprint density at radius 1 is 1.41 bits per heavy atom. The standard InChI is InChI=1S/C11H16N2O3S/c14-10-3-1-2-9-6-12-11(13(9)10)8-4-5-17(15,16)7-8/h6,8,10,14H,1-5,7H2. The largest absolute Gasteiger partial charge is 0.373 e. The van der Waals surface area contributed by atoms with Gasteiger partial charge in [-0.15, -0.1) is 0 Å². The Balaban J connectivity index is 1.97. The van der Waals surface area contributed by atoms with Crippen LogP contribution in [0.25, 0.3) is 0 Å². The van der Waals surface area contributed by atoms with Crippen LogP contribution in [0.3, 0.4) is 0 Å². The van der Waals surface area contributed by atoms with Gasteiger partial charge in [0.1, 0.15) is 12.1 Å². The summed E-state index contributed by atoms with van der Waals surface area (Å²) in [5, 5.41) is 10.00. The van der Waals surface area contributed by atoms with Crippen LogP contribution in [0.2, 0.25) is 0 Å². The molecular weight excluding hydrogens is 240 g/mol. The lowest BCUT2D eigenvalue weighted by atomic mass is 10.1. The zero-order chi connectivity index (χ0) is 12.0. The summed E-state index contributed by atoms with van der Waals surface area (Å²) in [4.78, 5) is 4.33. The average molecular weight is 256 g/mol. The summed E-state index contributed by atoms with van der Waals surface area (Å²) in [5.41, 5.74) is 1.03. The molecule has 5 nitrogen and oxygen atoms in total. The molecule has 1 N–H and O–H groups in total. The molecular formula is C11H16N2O3S. The molecule has 3 heterocycles. The molecule has 2 aliphatic rings. The van der Waals surface area contributed by atoms with Crippen LogP contribution in [0, 0.1) is 0 Å². The van der Waals surface area contributed by atoms with Crippen LogP contribution in [0.5, 0.6) is 0 Å². The minimum atomic E-state index is -2.90. The van der Waals surface area contributed by atoms with E-state index in [1.165, 1.54) is 0 Å². The first-order chi connectivity index (χ1) is 8.07. The molecule has 0 aliphatic carbocycles. The number of fused-ring (bicyclic) bond motifs is 1. The maximum Gasteiger partial charge on any atom is 0.151 e. The molecule has 2 aliphatic heterocycles. The Morgan fingerprint density at radius 3 is 2.94 bits per heavy atom. The molecule has 0 amide bonds. The van der Waals surface area contributed by atoms with Gasteiger partial charge in [-0.1, -0.05) is 0 Å². The fourth-order valence-electron chi connectivity index (χ4n) is 2.84. The first kappa shape index (κ1) is 11.2. The lowest BCUT2D eigenvalue weighted by Crippen LogP contribution is -2.21. The number of sulfone groups is 1. The van der Waals surface area contributed by atoms with Gasteiger partial charge in [0, 0.05) is 17.8 Å². The molecule has 3 rings (SSSR count). The van der Waals surface area contributed by atoms with E-state index >= 15 is 0 Å². The summed E-state index contributed by atoms with van der Waals surface area (Å²) in [6.45, 7) is 0. The SMILES string of the molecule is O=S1(=O)CCC(c2ncc3n2C(O)CCC3)C1. The van der Waals surface area contributed by atoms with E-state index < -0.39 is 16.1 Å². The zero-order valence-corrected chi connectivity index (χ0v) is 10.4. The summed E-state index contributed by atoms with van der Waals surface area (Å²) in [6.07, 6.45) is 4.50. The monoisotopic (exact) mass is 256 g/mol. The van der Waals surface area contributed by atoms with Crippen molar-refractivity contribution in [3.63, 3.8) is 0 Å². The van der Waals surface area contributed by atoms with E-state index in [0.29, 0.717) is 6.42 Å². The normalized spacial score (nSPS) is 31.4. The minimum absolute atomic E-state index is 0.0403. The number of aliphatic hydroxyl groups excluding tert-OH is 1. The van der Waals surface area contributed by atoms with Crippen LogP contribution >= 0.6 is 0 Å². The van der Waals surface area contributed by atoms with E-state index in [9.17, 15) is 13.5 Å². The van der Waals surface area contributed by atoms with E-state index in [-0.39, 0.29) is 17.4 Å². The highest BCUT2D eigenvalue weighted by atomic mass is 32.2. The van der Waals surface area contributed by atoms with E-state index in [1.54, 1.807) is 6.20 Å². The van der Waals surface area contributed by atoms with Gasteiger partial charge in [-0.05, 0) is 25.7 Å². The summed E-state index contributed by atoms with van der Waals surface area (Å²) in [5.74, 6) is 1.14. The van der Waals surface area contributed by atoms with Crippen LogP contribution < -0.4 is 0 Å². The second kappa shape index (κ2) is 3.81. The summed E-state index contributed by atoms with van der Waals surface area (Å²) < 4.78 is 24.8. The first-order valence-corrected chi connectivity index (χ1v) is 7.83. The van der Waals surface area contributed by atoms with Crippen molar-refractivity contribution in [3.05, 3.63) is 17.7 Å². The van der Waals surface area contributed by atoms with Gasteiger partial charge in [0.15, 0.2) is 9.84 Å². The lowest BCUT2D eigenvalue weighted by Gasteiger charge is -2.24. The highest BCUT2D eigenvalue weighted by Crippen LogP contribution is 2.33. The van der Waals surface area contributed by atoms with Crippen molar-refractivity contribution in [1.82, 2.24) is 9.55 Å². The molecule has 2 atom stereocenters. The van der Waals surface area contributed by atoms with Gasteiger partial charge in [0.25, 0.3) is 0 Å². The van der Waals surface area contributed by atoms with Crippen molar-refractivity contribution < 1.29 is 13.5 Å². The van der Waals surface area contributed by atoms with Crippen LogP contribution in [-0.4, -0.2) is 34.6 Å². The topological polar surface area (TPSA) is 72.2 Å². The van der Waals surface area contributed by atoms with Crippen molar-refractivity contribution in [2.75, 3.05) is 11.5 Å². The Kier molecular flexibility index (Phi) is 2.52. The van der Waals surface area contributed by atoms with E-state index in [4.69, 9.17) is 0 Å². The number of aryl methyl sites for hydroxylation is 1. The fraction of sp³-hybridized carbons (Fsp3) is 0.727. The number of nitrogens with zero attached hydrogens (tertiary/aromatic N) is 2. The van der Waals surface area contributed by atoms with E-state index in [1.807, 2.05) is 4.57 Å². The molecule has 1 saturated heterocycles. The van der Waals surface area contributed by atoms with Gasteiger partial charge in [-0.3, -0.25) is 0 Å². The molecule has 1 aromatic heterocycles. The van der Waals surface area contributed by atoms with E-state index in [0.717, 1.165) is 30.8 Å². The van der Waals surface area contributed by atoms with Crippen LogP contribution in [0.15, 0.2) is 6.20 Å². The molecule has 1 fully saturated rings. The van der Waals surface area contributed by atoms with E-state index in [2.05, 4.69) is 4.98 Å². The smallest absolute Gasteiger partial charge is 0.151 e. The predicted octanol–water partition coefficient (Wildman–Crippen LogP) is 0.612. The molecule has 0 radical (unpaired) electrons. The predicted molar refractivity (Wildman–Crippen MR) is 62.4 cm³/mol. The average Bonchev–Trinajstić information content (AvgIpc) is 2.82. The number of imidazole rings is 1. The van der Waals surface area contributed by atoms with Gasteiger partial charge in [0.2, 0.25) is 0 Å². The molecule has 0 saturated carbocycles. The van der Waals surface area contributed by atoms with Crippen molar-refractivity contribution in [1.29, 1.82) is 0 Å². The molecule has 0 aromatic carbocycles. The maximum absolute atomic E-state index is 11.5. The Morgan fingerprint density at radius 2 is 2.24 bits per heavy atom. The Labute approximate surface area is 100 Å². The van der Waals surface area contributed by atoms with Crippen LogP contribution in [0.1, 0.15) is 42.9 Å². The third kappa shape index (κ3) is 1.89. The lowest BCUT2D eigenvalue weighted by molar-refractivity contribution is 0.0749. The molecule has 94 valence electrons. The second-order valence-corrected chi connectivity index (χ2v) is 7.18. The number of aliphatic hydroxyl groups is 1. The molecule has 0 bridgehead atoms. The number of aromatic nitrogens is 2. The number of rotatable bonds is 1. The zero-order valence-electron chi connectivity index (χ0n) is 9.54. The molecule has 6 heteroatoms. The fourth-order valence-corrected chi connectivity index (χ4v) is 4.58. The molecule has 1 aromatic rings. The van der Waals surface area contributed by atoms with Crippen LogP contribution in [0.4, 0.5) is 0 Å². The van der Waals surface area contributed by atoms with Crippen molar-refractivity contribution in [3.8, 4) is 0 Å². The summed E-state index contributed by atoms with van der Waals surface area (Å²) in [7, 11) is -2.90. The molecule has 0 spiro atoms. The quantitative estimate of drug-likeness (QED) is 0.799. The third-order valence-corrected chi connectivity index (χ3v) is 5.46. The van der Waals surface area contributed by atoms with Crippen LogP contribution in [-0.2, 0) is 16.3 Å². The molecule has 17 heavy (non-hydrogen) atoms. The Hall–Kier alpha value is -0.880. The van der Waals surface area contributed by atoms with Gasteiger partial charge in [-0.2, -0.15) is 0 Å². The number of hydrogen-bond donors (Lipinski definition) is 1. The number of hydrogen-bond acceptors (Lipinski definition) is 4. The van der Waals surface area contributed by atoms with Crippen molar-refractivity contribution >= 4 is 9.84 Å². The van der Waals surface area contributed by atoms with Gasteiger partial charge >= 0.3 is 0 Å². The van der Waals surface area contributed by atoms with Gasteiger partial charge in [0.05, 0.1) is 11.5 Å². The first-order valence-electron chi connectivity index (χ1n) is 6.01. The highest BCUT2D eigenvalue weighted by molar-refractivity contribution is 7.91. The minimum Gasteiger partial charge on any atom is -0.373 e. The second-order valence-electron chi connectivity index (χ2n) is 4.95. The third-order valence-electron chi connectivity index (χ3n) is 3.69. The highest BCUT2D eigenvalue weighted by Gasteiger charge is 2.34. The summed E-state index contributed by atoms with van der Waals surface area (Å²) >= 11 is 0. The van der Waals surface area contributed by atoms with Crippen molar-refractivity contribution in [2.24, 2.45) is 0 Å². The van der Waals surface area contributed by atoms with Crippen molar-refractivity contribution in [2.45, 2.75) is 37.8 Å². The maximum atomic E-state index is 11.5. The Bertz CT molecular complexity index is 535. The van der Waals surface area contributed by atoms with Gasteiger partial charge in [-0.25, -0.2) is 13.4 Å². The molecule has 2 unspecified atom stereocenters. The van der Waals surface area contributed by atoms with Gasteiger partial charge < -0.3 is 9.67 Å².